The van der Waals surface area contributed by atoms with Crippen LogP contribution in [-0.2, 0) is 19.1 Å². The minimum Gasteiger partial charge on any atom is -0.491 e. The highest BCUT2D eigenvalue weighted by atomic mass is 16.5. The molecule has 3 fully saturated rings. The monoisotopic (exact) mass is 525 g/mol. The van der Waals surface area contributed by atoms with Gasteiger partial charge < -0.3 is 14.8 Å². The van der Waals surface area contributed by atoms with E-state index in [2.05, 4.69) is 46.0 Å². The van der Waals surface area contributed by atoms with Gasteiger partial charge >= 0.3 is 5.97 Å². The van der Waals surface area contributed by atoms with Crippen LogP contribution in [0.25, 0.3) is 0 Å². The van der Waals surface area contributed by atoms with Gasteiger partial charge in [-0.1, -0.05) is 39.3 Å². The van der Waals surface area contributed by atoms with E-state index in [1.807, 2.05) is 0 Å². The average molecular weight is 526 g/mol. The molecule has 5 aliphatic rings. The van der Waals surface area contributed by atoms with E-state index >= 15 is 0 Å². The van der Waals surface area contributed by atoms with Crippen LogP contribution in [0, 0.1) is 40.4 Å². The van der Waals surface area contributed by atoms with Gasteiger partial charge in [0.15, 0.2) is 0 Å². The molecule has 3 saturated carbocycles. The molecular formula is C33H51NO4. The van der Waals surface area contributed by atoms with E-state index in [0.717, 1.165) is 56.9 Å². The number of carbonyl (C=O) groups is 2. The van der Waals surface area contributed by atoms with Gasteiger partial charge in [-0.15, -0.1) is 0 Å². The molecule has 1 heterocycles. The number of nitrogens with one attached hydrogen (secondary N) is 1. The lowest BCUT2D eigenvalue weighted by atomic mass is 9.47. The molecule has 0 aromatic heterocycles. The molecule has 0 spiro atoms. The van der Waals surface area contributed by atoms with E-state index in [1.54, 1.807) is 12.5 Å². The summed E-state index contributed by atoms with van der Waals surface area (Å²) < 4.78 is 12.7. The first kappa shape index (κ1) is 27.8. The number of rotatable bonds is 7. The molecule has 0 aromatic carbocycles. The summed E-state index contributed by atoms with van der Waals surface area (Å²) in [6, 6.07) is 0. The summed E-state index contributed by atoms with van der Waals surface area (Å²) in [7, 11) is 0. The van der Waals surface area contributed by atoms with Crippen LogP contribution in [0.3, 0.4) is 0 Å². The second kappa shape index (κ2) is 10.0. The predicted molar refractivity (Wildman–Crippen MR) is 150 cm³/mol. The van der Waals surface area contributed by atoms with Crippen LogP contribution < -0.4 is 5.32 Å². The average Bonchev–Trinajstić information content (AvgIpc) is 3.30. The lowest BCUT2D eigenvalue weighted by molar-refractivity contribution is -0.148. The molecule has 1 aliphatic heterocycles. The Morgan fingerprint density at radius 2 is 1.95 bits per heavy atom. The lowest BCUT2D eigenvalue weighted by Gasteiger charge is -2.58. The summed E-state index contributed by atoms with van der Waals surface area (Å²) in [5.74, 6) is 4.26. The lowest BCUT2D eigenvalue weighted by Crippen LogP contribution is -2.50. The van der Waals surface area contributed by atoms with E-state index in [0.29, 0.717) is 23.2 Å². The zero-order chi connectivity index (χ0) is 27.5. The van der Waals surface area contributed by atoms with E-state index < -0.39 is 0 Å². The second-order valence-corrected chi connectivity index (χ2v) is 14.1. The van der Waals surface area contributed by atoms with Gasteiger partial charge in [0.1, 0.15) is 11.7 Å². The molecule has 4 aliphatic carbocycles. The van der Waals surface area contributed by atoms with Crippen molar-refractivity contribution < 1.29 is 19.1 Å². The molecule has 0 aromatic rings. The first-order valence-electron chi connectivity index (χ1n) is 15.4. The highest BCUT2D eigenvalue weighted by Gasteiger charge is 2.68. The van der Waals surface area contributed by atoms with Crippen molar-refractivity contribution >= 4 is 11.9 Å². The van der Waals surface area contributed by atoms with Gasteiger partial charge in [-0.25, -0.2) is 0 Å². The fraction of sp³-hybridized carbons (Fsp3) is 0.818. The molecule has 5 rings (SSSR count). The Kier molecular flexibility index (Phi) is 7.31. The zero-order valence-electron chi connectivity index (χ0n) is 25.0. The predicted octanol–water partition coefficient (Wildman–Crippen LogP) is 7.11. The third kappa shape index (κ3) is 4.44. The van der Waals surface area contributed by atoms with Crippen molar-refractivity contribution in [1.29, 1.82) is 0 Å². The molecule has 1 amide bonds. The van der Waals surface area contributed by atoms with Gasteiger partial charge in [0.05, 0.1) is 5.76 Å². The van der Waals surface area contributed by atoms with Crippen molar-refractivity contribution in [1.82, 2.24) is 5.32 Å². The van der Waals surface area contributed by atoms with Crippen LogP contribution in [0.1, 0.15) is 113 Å². The SMILES string of the molecule is CC[C@@]12C[C@H]3[C@@H]4CC=C5C[C@@H](OC(C)=O)CC[C@]5(C)[C@H]4CC[C@]3(C)[C@H]1C(C)=C(CC[C@H](C)CNC(C)=O)O2. The number of hydrogen-bond acceptors (Lipinski definition) is 4. The van der Waals surface area contributed by atoms with Crippen molar-refractivity contribution in [3.63, 3.8) is 0 Å². The summed E-state index contributed by atoms with van der Waals surface area (Å²) in [4.78, 5) is 22.9. The molecule has 1 N–H and O–H groups in total. The van der Waals surface area contributed by atoms with Gasteiger partial charge in [-0.05, 0) is 98.4 Å². The Balaban J connectivity index is 1.35. The van der Waals surface area contributed by atoms with Crippen LogP contribution in [-0.4, -0.2) is 30.1 Å². The van der Waals surface area contributed by atoms with E-state index in [9.17, 15) is 9.59 Å². The Hall–Kier alpha value is -1.78. The number of amides is 1. The van der Waals surface area contributed by atoms with Crippen LogP contribution in [0.5, 0.6) is 0 Å². The topological polar surface area (TPSA) is 64.6 Å². The third-order valence-electron chi connectivity index (χ3n) is 11.9. The molecule has 0 saturated heterocycles. The van der Waals surface area contributed by atoms with Gasteiger partial charge in [-0.3, -0.25) is 9.59 Å². The fourth-order valence-corrected chi connectivity index (χ4v) is 10.1. The maximum atomic E-state index is 11.6. The third-order valence-corrected chi connectivity index (χ3v) is 11.9. The Labute approximate surface area is 230 Å². The highest BCUT2D eigenvalue weighted by Crippen LogP contribution is 2.72. The van der Waals surface area contributed by atoms with Crippen LogP contribution in [0.15, 0.2) is 23.0 Å². The number of carbonyl (C=O) groups excluding carboxylic acids is 2. The molecule has 5 heteroatoms. The largest absolute Gasteiger partial charge is 0.491 e. The number of esters is 1. The van der Waals surface area contributed by atoms with Crippen molar-refractivity contribution in [3.05, 3.63) is 23.0 Å². The Morgan fingerprint density at radius 1 is 1.18 bits per heavy atom. The number of ether oxygens (including phenoxy) is 2. The van der Waals surface area contributed by atoms with E-state index in [-0.39, 0.29) is 29.0 Å². The van der Waals surface area contributed by atoms with Gasteiger partial charge in [0.2, 0.25) is 5.91 Å². The quantitative estimate of drug-likeness (QED) is 0.284. The zero-order valence-corrected chi connectivity index (χ0v) is 25.0. The molecular weight excluding hydrogens is 474 g/mol. The van der Waals surface area contributed by atoms with Crippen LogP contribution >= 0.6 is 0 Å². The molecule has 0 bridgehead atoms. The van der Waals surface area contributed by atoms with Crippen molar-refractivity contribution in [2.45, 2.75) is 124 Å². The maximum Gasteiger partial charge on any atom is 0.302 e. The van der Waals surface area contributed by atoms with Gasteiger partial charge in [0, 0.05) is 39.2 Å². The van der Waals surface area contributed by atoms with Gasteiger partial charge in [-0.2, -0.15) is 0 Å². The number of fused-ring (bicyclic) bond motifs is 7. The standard InChI is InChI=1S/C33H51NO4/c1-8-33-18-28-26-11-10-24-17-25(37-23(5)36)13-15-31(24,6)27(26)14-16-32(28,7)30(33)21(3)29(38-33)12-9-20(2)19-34-22(4)35/h10,20,25-28,30H,8-9,11-19H2,1-7H3,(H,34,35)/t20-,25-,26+,27-,28-,30+,31-,32-,33+/m0/s1. The first-order chi connectivity index (χ1) is 17.9. The number of allylic oxidation sites excluding steroid dienone is 2. The molecule has 38 heavy (non-hydrogen) atoms. The second-order valence-electron chi connectivity index (χ2n) is 14.1. The van der Waals surface area contributed by atoms with Crippen LogP contribution in [0.2, 0.25) is 0 Å². The maximum absolute atomic E-state index is 11.6. The number of hydrogen-bond donors (Lipinski definition) is 1. The highest BCUT2D eigenvalue weighted by molar-refractivity contribution is 5.72. The van der Waals surface area contributed by atoms with Crippen molar-refractivity contribution in [2.75, 3.05) is 6.54 Å². The minimum atomic E-state index is -0.145. The first-order valence-corrected chi connectivity index (χ1v) is 15.4. The summed E-state index contributed by atoms with van der Waals surface area (Å²) in [5.41, 5.74) is 3.57. The Morgan fingerprint density at radius 3 is 2.63 bits per heavy atom. The normalized spacial score (nSPS) is 42.2. The van der Waals surface area contributed by atoms with Crippen LogP contribution in [0.4, 0.5) is 0 Å². The molecule has 212 valence electrons. The summed E-state index contributed by atoms with van der Waals surface area (Å²) in [5, 5.41) is 2.97. The van der Waals surface area contributed by atoms with Crippen molar-refractivity contribution in [2.24, 2.45) is 40.4 Å². The smallest absolute Gasteiger partial charge is 0.302 e. The summed E-state index contributed by atoms with van der Waals surface area (Å²) in [6.45, 7) is 15.9. The summed E-state index contributed by atoms with van der Waals surface area (Å²) >= 11 is 0. The Bertz CT molecular complexity index is 1030. The summed E-state index contributed by atoms with van der Waals surface area (Å²) in [6.07, 6.45) is 13.7. The van der Waals surface area contributed by atoms with E-state index in [1.165, 1.54) is 43.9 Å². The van der Waals surface area contributed by atoms with E-state index in [4.69, 9.17) is 9.47 Å². The molecule has 0 radical (unpaired) electrons. The van der Waals surface area contributed by atoms with Gasteiger partial charge in [0.25, 0.3) is 0 Å². The molecule has 9 atom stereocenters. The fourth-order valence-electron chi connectivity index (χ4n) is 10.1. The van der Waals surface area contributed by atoms with Crippen molar-refractivity contribution in [3.8, 4) is 0 Å². The minimum absolute atomic E-state index is 0.0491. The molecule has 5 nitrogen and oxygen atoms in total. The molecule has 0 unspecified atom stereocenters.